The van der Waals surface area contributed by atoms with E-state index in [4.69, 9.17) is 0 Å². The number of benzene rings is 2. The fraction of sp³-hybridized carbons (Fsp3) is 0.429. The van der Waals surface area contributed by atoms with Crippen LogP contribution in [0.15, 0.2) is 48.5 Å². The Balaban J connectivity index is 1.77. The van der Waals surface area contributed by atoms with Gasteiger partial charge in [0.25, 0.3) is 0 Å². The second kappa shape index (κ2) is 5.89. The lowest BCUT2D eigenvalue weighted by Crippen LogP contribution is -2.23. The highest BCUT2D eigenvalue weighted by atomic mass is 14.9. The summed E-state index contributed by atoms with van der Waals surface area (Å²) in [6.07, 6.45) is 2.40. The number of rotatable bonds is 3. The number of nitrogens with one attached hydrogen (secondary N) is 1. The first-order valence-electron chi connectivity index (χ1n) is 8.39. The molecule has 0 saturated heterocycles. The molecule has 2 aromatic carbocycles. The van der Waals surface area contributed by atoms with Crippen molar-refractivity contribution in [2.24, 2.45) is 0 Å². The van der Waals surface area contributed by atoms with Crippen LogP contribution in [0.25, 0.3) is 0 Å². The maximum atomic E-state index is 3.81. The molecule has 1 aliphatic carbocycles. The maximum absolute atomic E-state index is 3.81. The molecule has 1 N–H and O–H groups in total. The lowest BCUT2D eigenvalue weighted by Gasteiger charge is -2.23. The second-order valence-electron chi connectivity index (χ2n) is 7.55. The van der Waals surface area contributed by atoms with Crippen molar-refractivity contribution < 1.29 is 0 Å². The van der Waals surface area contributed by atoms with Crippen molar-refractivity contribution in [2.45, 2.75) is 58.0 Å². The van der Waals surface area contributed by atoms with Gasteiger partial charge in [-0.1, -0.05) is 69.3 Å². The zero-order valence-corrected chi connectivity index (χ0v) is 14.2. The SMILES string of the molecule is C[C@@H](N[C@@H]1CCc2cc(C(C)(C)C)ccc21)c1ccccc1. The topological polar surface area (TPSA) is 12.0 Å². The van der Waals surface area contributed by atoms with Crippen LogP contribution in [0.2, 0.25) is 0 Å². The molecule has 0 saturated carbocycles. The molecule has 2 atom stereocenters. The average Bonchev–Trinajstić information content (AvgIpc) is 2.89. The van der Waals surface area contributed by atoms with Gasteiger partial charge in [0.05, 0.1) is 0 Å². The van der Waals surface area contributed by atoms with E-state index in [1.54, 1.807) is 0 Å². The van der Waals surface area contributed by atoms with E-state index in [0.29, 0.717) is 12.1 Å². The largest absolute Gasteiger partial charge is 0.303 e. The molecule has 1 nitrogen and oxygen atoms in total. The van der Waals surface area contributed by atoms with Crippen LogP contribution in [0.5, 0.6) is 0 Å². The van der Waals surface area contributed by atoms with Crippen LogP contribution in [0.1, 0.15) is 68.5 Å². The summed E-state index contributed by atoms with van der Waals surface area (Å²) < 4.78 is 0. The Morgan fingerprint density at radius 2 is 1.77 bits per heavy atom. The van der Waals surface area contributed by atoms with Crippen LogP contribution in [-0.2, 0) is 11.8 Å². The summed E-state index contributed by atoms with van der Waals surface area (Å²) in [4.78, 5) is 0. The van der Waals surface area contributed by atoms with Crippen LogP contribution < -0.4 is 5.32 Å². The normalized spacial score (nSPS) is 19.0. The molecular formula is C21H27N. The van der Waals surface area contributed by atoms with Crippen LogP contribution in [0.4, 0.5) is 0 Å². The highest BCUT2D eigenvalue weighted by Gasteiger charge is 2.25. The zero-order chi connectivity index (χ0) is 15.7. The Morgan fingerprint density at radius 3 is 2.45 bits per heavy atom. The monoisotopic (exact) mass is 293 g/mol. The number of aryl methyl sites for hydroxylation is 1. The quantitative estimate of drug-likeness (QED) is 0.807. The smallest absolute Gasteiger partial charge is 0.0331 e. The highest BCUT2D eigenvalue weighted by Crippen LogP contribution is 2.35. The van der Waals surface area contributed by atoms with E-state index in [2.05, 4.69) is 81.5 Å². The second-order valence-corrected chi connectivity index (χ2v) is 7.55. The highest BCUT2D eigenvalue weighted by molar-refractivity contribution is 5.40. The molecular weight excluding hydrogens is 266 g/mol. The van der Waals surface area contributed by atoms with E-state index < -0.39 is 0 Å². The Hall–Kier alpha value is -1.60. The predicted octanol–water partition coefficient (Wildman–Crippen LogP) is 5.32. The predicted molar refractivity (Wildman–Crippen MR) is 94.2 cm³/mol. The fourth-order valence-electron chi connectivity index (χ4n) is 3.40. The van der Waals surface area contributed by atoms with Gasteiger partial charge in [-0.2, -0.15) is 0 Å². The summed E-state index contributed by atoms with van der Waals surface area (Å²) in [5.74, 6) is 0. The first kappa shape index (κ1) is 15.3. The molecule has 0 aromatic heterocycles. The molecule has 2 aromatic rings. The van der Waals surface area contributed by atoms with Gasteiger partial charge in [-0.15, -0.1) is 0 Å². The maximum Gasteiger partial charge on any atom is 0.0331 e. The third-order valence-electron chi connectivity index (χ3n) is 4.84. The van der Waals surface area contributed by atoms with Gasteiger partial charge in [0.1, 0.15) is 0 Å². The molecule has 0 heterocycles. The van der Waals surface area contributed by atoms with Gasteiger partial charge in [-0.25, -0.2) is 0 Å². The molecule has 0 fully saturated rings. The van der Waals surface area contributed by atoms with Crippen molar-refractivity contribution in [3.63, 3.8) is 0 Å². The fourth-order valence-corrected chi connectivity index (χ4v) is 3.40. The van der Waals surface area contributed by atoms with Crippen LogP contribution >= 0.6 is 0 Å². The summed E-state index contributed by atoms with van der Waals surface area (Å²) in [5.41, 5.74) is 6.07. The number of fused-ring (bicyclic) bond motifs is 1. The van der Waals surface area contributed by atoms with Crippen LogP contribution in [0.3, 0.4) is 0 Å². The summed E-state index contributed by atoms with van der Waals surface area (Å²) >= 11 is 0. The average molecular weight is 293 g/mol. The van der Waals surface area contributed by atoms with E-state index in [9.17, 15) is 0 Å². The van der Waals surface area contributed by atoms with Gasteiger partial charge in [-0.05, 0) is 47.4 Å². The minimum absolute atomic E-state index is 0.234. The Bertz CT molecular complexity index is 637. The molecule has 0 amide bonds. The molecule has 0 radical (unpaired) electrons. The summed E-state index contributed by atoms with van der Waals surface area (Å²) in [7, 11) is 0. The van der Waals surface area contributed by atoms with E-state index in [-0.39, 0.29) is 5.41 Å². The van der Waals surface area contributed by atoms with E-state index >= 15 is 0 Å². The van der Waals surface area contributed by atoms with Gasteiger partial charge in [0.2, 0.25) is 0 Å². The molecule has 116 valence electrons. The minimum Gasteiger partial charge on any atom is -0.303 e. The molecule has 1 heteroatoms. The van der Waals surface area contributed by atoms with Gasteiger partial charge in [0.15, 0.2) is 0 Å². The van der Waals surface area contributed by atoms with Crippen LogP contribution in [0, 0.1) is 0 Å². The van der Waals surface area contributed by atoms with Gasteiger partial charge < -0.3 is 5.32 Å². The molecule has 0 bridgehead atoms. The third-order valence-corrected chi connectivity index (χ3v) is 4.84. The van der Waals surface area contributed by atoms with Crippen molar-refractivity contribution in [1.82, 2.24) is 5.32 Å². The first-order valence-corrected chi connectivity index (χ1v) is 8.39. The molecule has 0 unspecified atom stereocenters. The Labute approximate surface area is 134 Å². The van der Waals surface area contributed by atoms with Gasteiger partial charge in [-0.3, -0.25) is 0 Å². The molecule has 0 aliphatic heterocycles. The Kier molecular flexibility index (Phi) is 4.10. The minimum atomic E-state index is 0.234. The molecule has 1 aliphatic rings. The molecule has 3 rings (SSSR count). The number of hydrogen-bond donors (Lipinski definition) is 1. The molecule has 0 spiro atoms. The van der Waals surface area contributed by atoms with Gasteiger partial charge in [0, 0.05) is 12.1 Å². The van der Waals surface area contributed by atoms with E-state index in [0.717, 1.165) is 0 Å². The lowest BCUT2D eigenvalue weighted by atomic mass is 9.85. The Morgan fingerprint density at radius 1 is 1.05 bits per heavy atom. The zero-order valence-electron chi connectivity index (χ0n) is 14.2. The van der Waals surface area contributed by atoms with Crippen molar-refractivity contribution in [3.05, 3.63) is 70.8 Å². The van der Waals surface area contributed by atoms with Crippen molar-refractivity contribution in [1.29, 1.82) is 0 Å². The van der Waals surface area contributed by atoms with Crippen molar-refractivity contribution >= 4 is 0 Å². The lowest BCUT2D eigenvalue weighted by molar-refractivity contribution is 0.465. The summed E-state index contributed by atoms with van der Waals surface area (Å²) in [6.45, 7) is 9.13. The van der Waals surface area contributed by atoms with Crippen molar-refractivity contribution in [2.75, 3.05) is 0 Å². The standard InChI is InChI=1S/C21H27N/c1-15(16-8-6-5-7-9-16)22-20-13-10-17-14-18(21(2,3)4)11-12-19(17)20/h5-9,11-12,14-15,20,22H,10,13H2,1-4H3/t15-,20-/m1/s1. The first-order chi connectivity index (χ1) is 10.4. The van der Waals surface area contributed by atoms with Gasteiger partial charge >= 0.3 is 0 Å². The third kappa shape index (κ3) is 3.10. The summed E-state index contributed by atoms with van der Waals surface area (Å²) in [6, 6.07) is 18.7. The van der Waals surface area contributed by atoms with Crippen LogP contribution in [-0.4, -0.2) is 0 Å². The summed E-state index contributed by atoms with van der Waals surface area (Å²) in [5, 5.41) is 3.81. The van der Waals surface area contributed by atoms with E-state index in [1.165, 1.54) is 35.1 Å². The number of hydrogen-bond acceptors (Lipinski definition) is 1. The van der Waals surface area contributed by atoms with E-state index in [1.807, 2.05) is 0 Å². The van der Waals surface area contributed by atoms with Crippen molar-refractivity contribution in [3.8, 4) is 0 Å². The molecule has 22 heavy (non-hydrogen) atoms.